The van der Waals surface area contributed by atoms with E-state index in [1.807, 2.05) is 11.3 Å². The first kappa shape index (κ1) is 13.1. The van der Waals surface area contributed by atoms with Crippen molar-refractivity contribution in [2.45, 2.75) is 58.9 Å². The Balaban J connectivity index is 2.19. The summed E-state index contributed by atoms with van der Waals surface area (Å²) in [6.45, 7) is 9.33. The van der Waals surface area contributed by atoms with Gasteiger partial charge in [-0.15, -0.1) is 11.3 Å². The molecule has 3 unspecified atom stereocenters. The van der Waals surface area contributed by atoms with Crippen molar-refractivity contribution in [2.24, 2.45) is 17.1 Å². The van der Waals surface area contributed by atoms with Gasteiger partial charge in [0.05, 0.1) is 0 Å². The smallest absolute Gasteiger partial charge is 0.0121 e. The van der Waals surface area contributed by atoms with Crippen molar-refractivity contribution in [1.82, 2.24) is 0 Å². The van der Waals surface area contributed by atoms with Crippen LogP contribution < -0.4 is 5.73 Å². The third kappa shape index (κ3) is 2.74. The van der Waals surface area contributed by atoms with Crippen molar-refractivity contribution >= 4 is 11.3 Å². The van der Waals surface area contributed by atoms with E-state index in [-0.39, 0.29) is 0 Å². The lowest BCUT2D eigenvalue weighted by atomic mass is 9.67. The van der Waals surface area contributed by atoms with Crippen molar-refractivity contribution < 1.29 is 0 Å². The van der Waals surface area contributed by atoms with Crippen molar-refractivity contribution in [3.05, 3.63) is 21.9 Å². The molecule has 2 rings (SSSR count). The standard InChI is InChI=1S/C15H25NS/c1-10-7-8-17-14(10)12-9-11(15(2,3)4)5-6-13(12)16/h7-8,11-13H,5-6,9,16H2,1-4H3. The third-order valence-corrected chi connectivity index (χ3v) is 5.52. The normalized spacial score (nSPS) is 30.5. The lowest BCUT2D eigenvalue weighted by molar-refractivity contribution is 0.154. The van der Waals surface area contributed by atoms with Crippen LogP contribution in [0.15, 0.2) is 11.4 Å². The van der Waals surface area contributed by atoms with E-state index in [0.29, 0.717) is 17.4 Å². The molecule has 0 aliphatic heterocycles. The summed E-state index contributed by atoms with van der Waals surface area (Å²) in [5.74, 6) is 1.40. The topological polar surface area (TPSA) is 26.0 Å². The molecule has 0 saturated heterocycles. The number of aryl methyl sites for hydroxylation is 1. The monoisotopic (exact) mass is 251 g/mol. The predicted octanol–water partition coefficient (Wildman–Crippen LogP) is 4.31. The molecule has 0 amide bonds. The fraction of sp³-hybridized carbons (Fsp3) is 0.733. The van der Waals surface area contributed by atoms with Gasteiger partial charge in [0.15, 0.2) is 0 Å². The SMILES string of the molecule is Cc1ccsc1C1CC(C(C)(C)C)CCC1N. The highest BCUT2D eigenvalue weighted by atomic mass is 32.1. The minimum Gasteiger partial charge on any atom is -0.327 e. The van der Waals surface area contributed by atoms with Gasteiger partial charge >= 0.3 is 0 Å². The van der Waals surface area contributed by atoms with Crippen LogP contribution in [0, 0.1) is 18.3 Å². The van der Waals surface area contributed by atoms with Crippen LogP contribution in [-0.2, 0) is 0 Å². The van der Waals surface area contributed by atoms with Gasteiger partial charge in [0.1, 0.15) is 0 Å². The molecule has 2 heteroatoms. The van der Waals surface area contributed by atoms with Crippen LogP contribution in [0.3, 0.4) is 0 Å². The fourth-order valence-electron chi connectivity index (χ4n) is 3.05. The number of hydrogen-bond donors (Lipinski definition) is 1. The zero-order valence-corrected chi connectivity index (χ0v) is 12.3. The predicted molar refractivity (Wildman–Crippen MR) is 76.6 cm³/mol. The average Bonchev–Trinajstić information content (AvgIpc) is 2.63. The van der Waals surface area contributed by atoms with Crippen molar-refractivity contribution in [3.8, 4) is 0 Å². The van der Waals surface area contributed by atoms with Crippen LogP contribution in [-0.4, -0.2) is 6.04 Å². The molecule has 0 radical (unpaired) electrons. The van der Waals surface area contributed by atoms with Crippen LogP contribution in [0.1, 0.15) is 56.4 Å². The molecule has 1 saturated carbocycles. The van der Waals surface area contributed by atoms with E-state index in [1.54, 1.807) is 0 Å². The molecule has 0 aromatic carbocycles. The Morgan fingerprint density at radius 2 is 2.00 bits per heavy atom. The molecule has 0 spiro atoms. The molecule has 1 aliphatic rings. The summed E-state index contributed by atoms with van der Waals surface area (Å²) in [7, 11) is 0. The van der Waals surface area contributed by atoms with E-state index in [4.69, 9.17) is 5.73 Å². The summed E-state index contributed by atoms with van der Waals surface area (Å²) in [6, 6.07) is 2.60. The summed E-state index contributed by atoms with van der Waals surface area (Å²) in [5, 5.41) is 2.21. The number of rotatable bonds is 1. The molecule has 96 valence electrons. The molecule has 2 N–H and O–H groups in total. The number of nitrogens with two attached hydrogens (primary N) is 1. The third-order valence-electron chi connectivity index (χ3n) is 4.37. The maximum absolute atomic E-state index is 6.35. The largest absolute Gasteiger partial charge is 0.327 e. The van der Waals surface area contributed by atoms with E-state index in [9.17, 15) is 0 Å². The molecule has 1 fully saturated rings. The Labute approximate surface area is 109 Å². The Morgan fingerprint density at radius 3 is 2.53 bits per heavy atom. The Kier molecular flexibility index (Phi) is 3.65. The van der Waals surface area contributed by atoms with E-state index in [1.165, 1.54) is 29.7 Å². The zero-order chi connectivity index (χ0) is 12.6. The van der Waals surface area contributed by atoms with Crippen LogP contribution in [0.25, 0.3) is 0 Å². The molecule has 3 atom stereocenters. The summed E-state index contributed by atoms with van der Waals surface area (Å²) in [5.41, 5.74) is 8.21. The van der Waals surface area contributed by atoms with Gasteiger partial charge in [0.2, 0.25) is 0 Å². The summed E-state index contributed by atoms with van der Waals surface area (Å²) in [4.78, 5) is 1.53. The van der Waals surface area contributed by atoms with Gasteiger partial charge in [0, 0.05) is 16.8 Å². The van der Waals surface area contributed by atoms with Gasteiger partial charge in [-0.25, -0.2) is 0 Å². The van der Waals surface area contributed by atoms with E-state index in [0.717, 1.165) is 5.92 Å². The van der Waals surface area contributed by atoms with E-state index < -0.39 is 0 Å². The number of hydrogen-bond acceptors (Lipinski definition) is 2. The fourth-order valence-corrected chi connectivity index (χ4v) is 4.16. The van der Waals surface area contributed by atoms with Crippen molar-refractivity contribution in [3.63, 3.8) is 0 Å². The maximum Gasteiger partial charge on any atom is 0.0121 e. The van der Waals surface area contributed by atoms with Gasteiger partial charge in [-0.2, -0.15) is 0 Å². The first-order chi connectivity index (χ1) is 7.89. The Bertz CT molecular complexity index is 375. The summed E-state index contributed by atoms with van der Waals surface area (Å²) < 4.78 is 0. The minimum absolute atomic E-state index is 0.367. The van der Waals surface area contributed by atoms with Gasteiger partial charge in [0.25, 0.3) is 0 Å². The Hall–Kier alpha value is -0.340. The second kappa shape index (κ2) is 4.74. The maximum atomic E-state index is 6.35. The quantitative estimate of drug-likeness (QED) is 0.790. The highest BCUT2D eigenvalue weighted by molar-refractivity contribution is 7.10. The molecular weight excluding hydrogens is 226 g/mol. The van der Waals surface area contributed by atoms with Crippen molar-refractivity contribution in [1.29, 1.82) is 0 Å². The second-order valence-corrected chi connectivity index (χ2v) is 7.56. The summed E-state index contributed by atoms with van der Waals surface area (Å²) >= 11 is 1.89. The molecule has 1 nitrogen and oxygen atoms in total. The number of thiophene rings is 1. The van der Waals surface area contributed by atoms with Gasteiger partial charge < -0.3 is 5.73 Å². The zero-order valence-electron chi connectivity index (χ0n) is 11.5. The molecular formula is C15H25NS. The lowest BCUT2D eigenvalue weighted by Gasteiger charge is -2.40. The van der Waals surface area contributed by atoms with Crippen molar-refractivity contribution in [2.75, 3.05) is 0 Å². The molecule has 1 aromatic heterocycles. The molecule has 1 aliphatic carbocycles. The van der Waals surface area contributed by atoms with Gasteiger partial charge in [-0.1, -0.05) is 20.8 Å². The average molecular weight is 251 g/mol. The van der Waals surface area contributed by atoms with Crippen LogP contribution >= 0.6 is 11.3 Å². The van der Waals surface area contributed by atoms with Crippen LogP contribution in [0.5, 0.6) is 0 Å². The Morgan fingerprint density at radius 1 is 1.29 bits per heavy atom. The van der Waals surface area contributed by atoms with E-state index in [2.05, 4.69) is 39.1 Å². The molecule has 17 heavy (non-hydrogen) atoms. The first-order valence-electron chi connectivity index (χ1n) is 6.69. The highest BCUT2D eigenvalue weighted by Gasteiger charge is 2.35. The van der Waals surface area contributed by atoms with Crippen LogP contribution in [0.2, 0.25) is 0 Å². The lowest BCUT2D eigenvalue weighted by Crippen LogP contribution is -2.38. The summed E-state index contributed by atoms with van der Waals surface area (Å²) in [6.07, 6.45) is 3.75. The van der Waals surface area contributed by atoms with E-state index >= 15 is 0 Å². The second-order valence-electron chi connectivity index (χ2n) is 6.61. The highest BCUT2D eigenvalue weighted by Crippen LogP contribution is 2.45. The first-order valence-corrected chi connectivity index (χ1v) is 7.57. The molecule has 0 bridgehead atoms. The molecule has 1 aromatic rings. The van der Waals surface area contributed by atoms with Crippen LogP contribution in [0.4, 0.5) is 0 Å². The molecule has 1 heterocycles. The minimum atomic E-state index is 0.367. The van der Waals surface area contributed by atoms with Gasteiger partial charge in [-0.05, 0) is 54.5 Å². The van der Waals surface area contributed by atoms with Gasteiger partial charge in [-0.3, -0.25) is 0 Å².